The number of carbonyl (C=O) groups is 6. The highest BCUT2D eigenvalue weighted by atomic mass is 33.1. The van der Waals surface area contributed by atoms with Gasteiger partial charge in [-0.2, -0.15) is 0 Å². The molecule has 14 heteroatoms. The van der Waals surface area contributed by atoms with Crippen LogP contribution in [0.4, 0.5) is 0 Å². The number of fused-ring (bicyclic) bond motifs is 7. The number of carbonyl (C=O) groups excluding carboxylic acids is 5. The molecule has 2 heterocycles. The molecule has 2 aliphatic heterocycles. The van der Waals surface area contributed by atoms with Gasteiger partial charge in [-0.3, -0.25) is 28.8 Å². The first-order valence-electron chi connectivity index (χ1n) is 11.9. The molecule has 0 aromatic carbocycles. The molecule has 0 unspecified atom stereocenters. The number of rotatable bonds is 3. The summed E-state index contributed by atoms with van der Waals surface area (Å²) in [6.07, 6.45) is 2.04. The summed E-state index contributed by atoms with van der Waals surface area (Å²) in [4.78, 5) is 75.7. The standard InChI is InChI=1S/C23H34N4O8S2/c1-23(2,3)19-22(34)24-11-18(31)35-13-6-4-5-9-36-37-12-15(21(33)27-19)26-20(32)14(7-8-17(29)30)25-16(28)10-13/h4,6,13-15,19H,5,7-12H2,1-3H3,(H,24,34)(H,25,28)(H,26,32)(H,27,33)(H,29,30)/b6-4+/t13-,14-,15-,19+/m1/s1. The molecule has 4 amide bonds. The fraction of sp³-hybridized carbons (Fsp3) is 0.652. The van der Waals surface area contributed by atoms with Crippen molar-refractivity contribution in [1.82, 2.24) is 21.3 Å². The number of carboxylic acid groups (broad SMARTS) is 1. The average molecular weight is 559 g/mol. The van der Waals surface area contributed by atoms with Gasteiger partial charge in [0.25, 0.3) is 0 Å². The van der Waals surface area contributed by atoms with E-state index in [0.29, 0.717) is 12.2 Å². The molecule has 2 bridgehead atoms. The molecule has 12 nitrogen and oxygen atoms in total. The normalized spacial score (nSPS) is 28.0. The van der Waals surface area contributed by atoms with Gasteiger partial charge in [-0.05, 0) is 24.3 Å². The number of ether oxygens (including phenoxy) is 1. The molecule has 4 atom stereocenters. The third kappa shape index (κ3) is 10.6. The van der Waals surface area contributed by atoms with Gasteiger partial charge in [0.2, 0.25) is 23.6 Å². The third-order valence-corrected chi connectivity index (χ3v) is 7.91. The summed E-state index contributed by atoms with van der Waals surface area (Å²) >= 11 is 0. The van der Waals surface area contributed by atoms with Gasteiger partial charge >= 0.3 is 11.9 Å². The van der Waals surface area contributed by atoms with E-state index in [9.17, 15) is 28.8 Å². The van der Waals surface area contributed by atoms with Gasteiger partial charge in [0.1, 0.15) is 30.8 Å². The van der Waals surface area contributed by atoms with Gasteiger partial charge in [-0.15, -0.1) is 0 Å². The maximum atomic E-state index is 13.3. The van der Waals surface area contributed by atoms with Crippen LogP contribution in [0, 0.1) is 5.41 Å². The van der Waals surface area contributed by atoms with E-state index < -0.39 is 78.2 Å². The van der Waals surface area contributed by atoms with Crippen LogP contribution in [0.2, 0.25) is 0 Å². The van der Waals surface area contributed by atoms with Crippen LogP contribution in [-0.4, -0.2) is 83.0 Å². The molecule has 0 radical (unpaired) electrons. The maximum Gasteiger partial charge on any atom is 0.326 e. The molecule has 37 heavy (non-hydrogen) atoms. The van der Waals surface area contributed by atoms with E-state index in [-0.39, 0.29) is 18.6 Å². The van der Waals surface area contributed by atoms with Crippen molar-refractivity contribution in [3.05, 3.63) is 12.2 Å². The highest BCUT2D eigenvalue weighted by Gasteiger charge is 2.36. The van der Waals surface area contributed by atoms with Gasteiger partial charge in [0, 0.05) is 17.9 Å². The number of carboxylic acids is 1. The minimum absolute atomic E-state index is 0.161. The van der Waals surface area contributed by atoms with E-state index in [1.165, 1.54) is 21.6 Å². The molecule has 0 saturated carbocycles. The lowest BCUT2D eigenvalue weighted by atomic mass is 9.86. The Morgan fingerprint density at radius 3 is 2.46 bits per heavy atom. The van der Waals surface area contributed by atoms with Crippen LogP contribution in [0.25, 0.3) is 0 Å². The molecule has 5 N–H and O–H groups in total. The van der Waals surface area contributed by atoms with Gasteiger partial charge in [-0.1, -0.05) is 48.4 Å². The Bertz CT molecular complexity index is 921. The van der Waals surface area contributed by atoms with Crippen molar-refractivity contribution in [2.24, 2.45) is 5.41 Å². The number of aliphatic carboxylic acids is 1. The first-order valence-corrected chi connectivity index (χ1v) is 14.4. The molecule has 0 spiro atoms. The summed E-state index contributed by atoms with van der Waals surface area (Å²) in [6, 6.07) is -3.35. The Hall–Kier alpha value is -2.74. The smallest absolute Gasteiger partial charge is 0.326 e. The lowest BCUT2D eigenvalue weighted by Crippen LogP contribution is -2.60. The quantitative estimate of drug-likeness (QED) is 0.181. The largest absolute Gasteiger partial charge is 0.481 e. The Kier molecular flexibility index (Phi) is 11.8. The number of esters is 1. The lowest BCUT2D eigenvalue weighted by Gasteiger charge is -2.32. The third-order valence-electron chi connectivity index (χ3n) is 5.46. The van der Waals surface area contributed by atoms with Crippen molar-refractivity contribution in [3.63, 3.8) is 0 Å². The molecule has 2 rings (SSSR count). The topological polar surface area (TPSA) is 180 Å². The van der Waals surface area contributed by atoms with Crippen molar-refractivity contribution in [2.75, 3.05) is 18.1 Å². The number of allylic oxidation sites excluding steroid dienone is 1. The van der Waals surface area contributed by atoms with E-state index in [1.807, 2.05) is 0 Å². The summed E-state index contributed by atoms with van der Waals surface area (Å²) in [5.74, 6) is -3.73. The van der Waals surface area contributed by atoms with Crippen molar-refractivity contribution >= 4 is 57.2 Å². The van der Waals surface area contributed by atoms with E-state index >= 15 is 0 Å². The monoisotopic (exact) mass is 558 g/mol. The predicted molar refractivity (Wildman–Crippen MR) is 138 cm³/mol. The first-order chi connectivity index (χ1) is 17.4. The molecule has 1 saturated heterocycles. The predicted octanol–water partition coefficient (Wildman–Crippen LogP) is 0.125. The Balaban J connectivity index is 2.48. The number of hydrogen-bond donors (Lipinski definition) is 5. The maximum absolute atomic E-state index is 13.3. The first kappa shape index (κ1) is 30.5. The molecule has 2 aliphatic rings. The Labute approximate surface area is 223 Å². The zero-order valence-electron chi connectivity index (χ0n) is 21.0. The highest BCUT2D eigenvalue weighted by Crippen LogP contribution is 2.24. The number of nitrogens with one attached hydrogen (secondary N) is 4. The second-order valence-electron chi connectivity index (χ2n) is 9.69. The molecular weight excluding hydrogens is 524 g/mol. The van der Waals surface area contributed by atoms with Crippen LogP contribution in [0.15, 0.2) is 12.2 Å². The zero-order valence-corrected chi connectivity index (χ0v) is 22.7. The summed E-state index contributed by atoms with van der Waals surface area (Å²) < 4.78 is 5.39. The van der Waals surface area contributed by atoms with E-state index in [4.69, 9.17) is 9.84 Å². The van der Waals surface area contributed by atoms with Gasteiger partial charge in [0.05, 0.1) is 6.42 Å². The molecule has 0 aromatic rings. The average Bonchev–Trinajstić information content (AvgIpc) is 2.80. The van der Waals surface area contributed by atoms with Crippen molar-refractivity contribution in [2.45, 2.75) is 70.7 Å². The highest BCUT2D eigenvalue weighted by molar-refractivity contribution is 8.76. The van der Waals surface area contributed by atoms with E-state index in [0.717, 1.165) is 0 Å². The van der Waals surface area contributed by atoms with Crippen LogP contribution >= 0.6 is 21.6 Å². The van der Waals surface area contributed by atoms with Crippen LogP contribution in [0.5, 0.6) is 0 Å². The van der Waals surface area contributed by atoms with Crippen LogP contribution < -0.4 is 21.3 Å². The second-order valence-corrected chi connectivity index (χ2v) is 12.3. The van der Waals surface area contributed by atoms with Crippen molar-refractivity contribution in [3.8, 4) is 0 Å². The lowest BCUT2D eigenvalue weighted by molar-refractivity contribution is -0.149. The minimum atomic E-state index is -1.24. The summed E-state index contributed by atoms with van der Waals surface area (Å²) in [5, 5.41) is 19.4. The van der Waals surface area contributed by atoms with Crippen LogP contribution in [-0.2, 0) is 33.5 Å². The molecule has 1 fully saturated rings. The van der Waals surface area contributed by atoms with Gasteiger partial charge < -0.3 is 31.1 Å². The fourth-order valence-corrected chi connectivity index (χ4v) is 5.66. The summed E-state index contributed by atoms with van der Waals surface area (Å²) in [6.45, 7) is 4.76. The van der Waals surface area contributed by atoms with E-state index in [2.05, 4.69) is 21.3 Å². The zero-order chi connectivity index (χ0) is 27.6. The second kappa shape index (κ2) is 14.3. The number of amides is 4. The van der Waals surface area contributed by atoms with Crippen molar-refractivity contribution < 1.29 is 38.6 Å². The molecule has 0 aromatic heterocycles. The summed E-state index contributed by atoms with van der Waals surface area (Å²) in [5.41, 5.74) is -0.738. The van der Waals surface area contributed by atoms with Crippen molar-refractivity contribution in [1.29, 1.82) is 0 Å². The molecular formula is C23H34N4O8S2. The van der Waals surface area contributed by atoms with Gasteiger partial charge in [-0.25, -0.2) is 0 Å². The Morgan fingerprint density at radius 1 is 1.05 bits per heavy atom. The van der Waals surface area contributed by atoms with Crippen LogP contribution in [0.3, 0.4) is 0 Å². The SMILES string of the molecule is CC(C)(C)[C@H]1NC(=O)[C@H]2CSSCC/C=C/[C@H](CC(=O)N[C@H](CCC(=O)O)C(=O)N2)OC(=O)CNC1=O. The minimum Gasteiger partial charge on any atom is -0.481 e. The fourth-order valence-electron chi connectivity index (χ4n) is 3.51. The van der Waals surface area contributed by atoms with Gasteiger partial charge in [0.15, 0.2) is 0 Å². The van der Waals surface area contributed by atoms with E-state index in [1.54, 1.807) is 32.9 Å². The number of hydrogen-bond acceptors (Lipinski definition) is 9. The summed E-state index contributed by atoms with van der Waals surface area (Å²) in [7, 11) is 2.82. The Morgan fingerprint density at radius 2 is 1.78 bits per heavy atom. The molecule has 206 valence electrons. The molecule has 0 aliphatic carbocycles. The van der Waals surface area contributed by atoms with Crippen LogP contribution in [0.1, 0.15) is 46.5 Å².